The van der Waals surface area contributed by atoms with Crippen LogP contribution in [0.2, 0.25) is 5.02 Å². The number of carbonyl (C=O) groups is 1. The lowest BCUT2D eigenvalue weighted by Gasteiger charge is -2.42. The van der Waals surface area contributed by atoms with E-state index < -0.39 is 17.8 Å². The highest BCUT2D eigenvalue weighted by Gasteiger charge is 2.35. The number of aromatic nitrogens is 2. The lowest BCUT2D eigenvalue weighted by Crippen LogP contribution is -2.55. The quantitative estimate of drug-likeness (QED) is 0.330. The van der Waals surface area contributed by atoms with Crippen LogP contribution >= 0.6 is 11.6 Å². The Hall–Kier alpha value is -3.98. The number of fused-ring (bicyclic) bond motifs is 2. The maximum Gasteiger partial charge on any atom is 0.318 e. The number of likely N-dealkylation sites (N-methyl/N-ethyl adjacent to an activating group) is 1. The summed E-state index contributed by atoms with van der Waals surface area (Å²) >= 11 is 6.68. The van der Waals surface area contributed by atoms with Gasteiger partial charge in [-0.25, -0.2) is 4.39 Å². The van der Waals surface area contributed by atoms with Gasteiger partial charge < -0.3 is 24.2 Å². The molecule has 0 radical (unpaired) electrons. The molecule has 2 fully saturated rings. The van der Waals surface area contributed by atoms with Crippen LogP contribution in [0.1, 0.15) is 17.7 Å². The molecule has 0 spiro atoms. The Morgan fingerprint density at radius 2 is 2.00 bits per heavy atom. The Morgan fingerprint density at radius 1 is 1.20 bits per heavy atom. The molecule has 6 rings (SSSR count). The normalized spacial score (nSPS) is 18.6. The molecular weight excluding hydrogens is 585 g/mol. The van der Waals surface area contributed by atoms with E-state index in [9.17, 15) is 14.4 Å². The topological polar surface area (TPSA) is 98.1 Å². The van der Waals surface area contributed by atoms with E-state index in [0.717, 1.165) is 53.3 Å². The minimum absolute atomic E-state index is 0.0684. The molecule has 4 heterocycles. The average Bonchev–Trinajstić information content (AvgIpc) is 2.99. The summed E-state index contributed by atoms with van der Waals surface area (Å²) in [6, 6.07) is 14.4. The average molecular weight is 620 g/mol. The van der Waals surface area contributed by atoms with Gasteiger partial charge in [0.15, 0.2) is 5.83 Å². The first-order valence-corrected chi connectivity index (χ1v) is 15.2. The van der Waals surface area contributed by atoms with Crippen molar-refractivity contribution in [2.45, 2.75) is 31.5 Å². The van der Waals surface area contributed by atoms with E-state index in [0.29, 0.717) is 50.3 Å². The van der Waals surface area contributed by atoms with Gasteiger partial charge in [0, 0.05) is 49.4 Å². The summed E-state index contributed by atoms with van der Waals surface area (Å²) in [6.07, 6.45) is 0.749. The number of halogens is 2. The van der Waals surface area contributed by atoms with E-state index in [1.165, 1.54) is 4.90 Å². The first-order valence-electron chi connectivity index (χ1n) is 14.8. The third-order valence-corrected chi connectivity index (χ3v) is 9.03. The SMILES string of the molecule is C=C(F)C(=O)N1CCN(c2nc(OCCN(C)C3COC3)nc3c2CCN(c2cccc4cccc(Cl)c24)C3)C[C@@H]1CC#N. The van der Waals surface area contributed by atoms with Crippen LogP contribution in [0, 0.1) is 11.3 Å². The predicted molar refractivity (Wildman–Crippen MR) is 167 cm³/mol. The van der Waals surface area contributed by atoms with Crippen molar-refractivity contribution in [2.24, 2.45) is 0 Å². The maximum atomic E-state index is 13.8. The van der Waals surface area contributed by atoms with Crippen LogP contribution in [0.15, 0.2) is 48.8 Å². The minimum Gasteiger partial charge on any atom is -0.462 e. The fourth-order valence-corrected chi connectivity index (χ4v) is 6.43. The Labute approximate surface area is 261 Å². The van der Waals surface area contributed by atoms with Crippen molar-refractivity contribution >= 4 is 39.8 Å². The monoisotopic (exact) mass is 619 g/mol. The molecule has 2 aromatic carbocycles. The number of nitrogens with zero attached hydrogens (tertiary/aromatic N) is 7. The van der Waals surface area contributed by atoms with Gasteiger partial charge in [-0.3, -0.25) is 9.69 Å². The van der Waals surface area contributed by atoms with E-state index in [1.54, 1.807) is 0 Å². The first-order chi connectivity index (χ1) is 21.3. The largest absolute Gasteiger partial charge is 0.462 e. The van der Waals surface area contributed by atoms with Gasteiger partial charge >= 0.3 is 6.01 Å². The summed E-state index contributed by atoms with van der Waals surface area (Å²) in [4.78, 5) is 30.2. The molecule has 3 aliphatic rings. The molecule has 0 aliphatic carbocycles. The number of nitriles is 1. The zero-order valence-electron chi connectivity index (χ0n) is 24.7. The van der Waals surface area contributed by atoms with Crippen molar-refractivity contribution in [3.63, 3.8) is 0 Å². The Morgan fingerprint density at radius 3 is 2.73 bits per heavy atom. The van der Waals surface area contributed by atoms with Crippen molar-refractivity contribution in [1.29, 1.82) is 5.26 Å². The first kappa shape index (κ1) is 30.1. The Kier molecular flexibility index (Phi) is 8.84. The molecule has 2 saturated heterocycles. The van der Waals surface area contributed by atoms with E-state index in [2.05, 4.69) is 45.5 Å². The van der Waals surface area contributed by atoms with Gasteiger partial charge in [0.05, 0.1) is 55.0 Å². The highest BCUT2D eigenvalue weighted by molar-refractivity contribution is 6.36. The molecule has 0 saturated carbocycles. The highest BCUT2D eigenvalue weighted by Crippen LogP contribution is 2.37. The van der Waals surface area contributed by atoms with Crippen LogP contribution in [-0.4, -0.2) is 97.4 Å². The lowest BCUT2D eigenvalue weighted by molar-refractivity contribution is -0.131. The fraction of sp³-hybridized carbons (Fsp3) is 0.438. The number of piperazine rings is 1. The zero-order chi connectivity index (χ0) is 30.8. The van der Waals surface area contributed by atoms with Crippen LogP contribution < -0.4 is 14.5 Å². The molecule has 0 N–H and O–H groups in total. The number of rotatable bonds is 9. The smallest absolute Gasteiger partial charge is 0.318 e. The second-order valence-electron chi connectivity index (χ2n) is 11.4. The summed E-state index contributed by atoms with van der Waals surface area (Å²) in [5.41, 5.74) is 2.90. The third-order valence-electron chi connectivity index (χ3n) is 8.72. The number of hydrogen-bond donors (Lipinski definition) is 0. The van der Waals surface area contributed by atoms with E-state index in [1.807, 2.05) is 25.2 Å². The maximum absolute atomic E-state index is 13.8. The van der Waals surface area contributed by atoms with Crippen molar-refractivity contribution in [2.75, 3.05) is 69.4 Å². The molecule has 12 heteroatoms. The third kappa shape index (κ3) is 6.02. The molecule has 10 nitrogen and oxygen atoms in total. The van der Waals surface area contributed by atoms with Crippen molar-refractivity contribution < 1.29 is 18.7 Å². The number of benzene rings is 2. The van der Waals surface area contributed by atoms with E-state index >= 15 is 0 Å². The van der Waals surface area contributed by atoms with Crippen molar-refractivity contribution in [3.05, 3.63) is 65.1 Å². The number of ether oxygens (including phenoxy) is 2. The van der Waals surface area contributed by atoms with Gasteiger partial charge in [0.25, 0.3) is 5.91 Å². The number of amides is 1. The van der Waals surface area contributed by atoms with Crippen LogP contribution in [0.3, 0.4) is 0 Å². The van der Waals surface area contributed by atoms with Crippen LogP contribution in [0.5, 0.6) is 6.01 Å². The summed E-state index contributed by atoms with van der Waals surface area (Å²) in [5, 5.41) is 12.3. The summed E-state index contributed by atoms with van der Waals surface area (Å²) in [7, 11) is 2.05. The number of hydrogen-bond acceptors (Lipinski definition) is 9. The van der Waals surface area contributed by atoms with Crippen LogP contribution in [0.4, 0.5) is 15.9 Å². The molecule has 0 bridgehead atoms. The van der Waals surface area contributed by atoms with Crippen molar-refractivity contribution in [3.8, 4) is 12.1 Å². The lowest BCUT2D eigenvalue weighted by atomic mass is 10.0. The molecule has 1 amide bonds. The summed E-state index contributed by atoms with van der Waals surface area (Å²) < 4.78 is 25.3. The second kappa shape index (κ2) is 12.9. The van der Waals surface area contributed by atoms with Gasteiger partial charge in [-0.1, -0.05) is 42.4 Å². The second-order valence-corrected chi connectivity index (χ2v) is 11.8. The standard InChI is InChI=1S/C32H35ClFN7O3/c1-21(34)31(42)41-14-13-40(17-23(41)9-11-35)30-25-10-12-39(28-8-4-6-22-5-3-7-26(33)29(22)28)18-27(25)36-32(37-30)44-16-15-38(2)24-19-43-20-24/h3-8,23-24H,1,9-10,12-20H2,2H3/t23-/m0/s1. The molecule has 1 aromatic heterocycles. The van der Waals surface area contributed by atoms with Gasteiger partial charge in [0.1, 0.15) is 12.4 Å². The fourth-order valence-electron chi connectivity index (χ4n) is 6.15. The van der Waals surface area contributed by atoms with Gasteiger partial charge in [0.2, 0.25) is 0 Å². The van der Waals surface area contributed by atoms with E-state index in [-0.39, 0.29) is 19.0 Å². The van der Waals surface area contributed by atoms with Crippen molar-refractivity contribution in [1.82, 2.24) is 19.8 Å². The molecule has 3 aromatic rings. The summed E-state index contributed by atoms with van der Waals surface area (Å²) in [5.74, 6) is -1.07. The van der Waals surface area contributed by atoms with Gasteiger partial charge in [-0.2, -0.15) is 15.2 Å². The Bertz CT molecular complexity index is 1610. The minimum atomic E-state index is -1.02. The molecule has 44 heavy (non-hydrogen) atoms. The van der Waals surface area contributed by atoms with Crippen LogP contribution in [-0.2, 0) is 22.5 Å². The van der Waals surface area contributed by atoms with Crippen LogP contribution in [0.25, 0.3) is 10.8 Å². The number of anilines is 2. The zero-order valence-corrected chi connectivity index (χ0v) is 25.5. The molecule has 1 atom stereocenters. The molecule has 230 valence electrons. The van der Waals surface area contributed by atoms with E-state index in [4.69, 9.17) is 31.0 Å². The molecule has 0 unspecified atom stereocenters. The predicted octanol–water partition coefficient (Wildman–Crippen LogP) is 3.97. The van der Waals surface area contributed by atoms with Gasteiger partial charge in [-0.15, -0.1) is 0 Å². The van der Waals surface area contributed by atoms with Gasteiger partial charge in [-0.05, 0) is 31.0 Å². The number of carbonyl (C=O) groups excluding carboxylic acids is 1. The summed E-state index contributed by atoms with van der Waals surface area (Å²) in [6.45, 7) is 7.99. The molecule has 3 aliphatic heterocycles. The Balaban J connectivity index is 1.30. The highest BCUT2D eigenvalue weighted by atomic mass is 35.5. The molecular formula is C32H35ClFN7O3.